The highest BCUT2D eigenvalue weighted by molar-refractivity contribution is 14.1. The Labute approximate surface area is 113 Å². The summed E-state index contributed by atoms with van der Waals surface area (Å²) in [6, 6.07) is 5.89. The van der Waals surface area contributed by atoms with E-state index >= 15 is 0 Å². The molecule has 1 aromatic carbocycles. The molecule has 1 heterocycles. The van der Waals surface area contributed by atoms with Gasteiger partial charge < -0.3 is 9.88 Å². The smallest absolute Gasteiger partial charge is 0.207 e. The lowest BCUT2D eigenvalue weighted by atomic mass is 10.3. The van der Waals surface area contributed by atoms with Gasteiger partial charge in [-0.05, 0) is 47.7 Å². The van der Waals surface area contributed by atoms with E-state index in [9.17, 15) is 0 Å². The van der Waals surface area contributed by atoms with Gasteiger partial charge in [0.25, 0.3) is 0 Å². The van der Waals surface area contributed by atoms with Gasteiger partial charge in [0.2, 0.25) is 5.95 Å². The third-order valence-corrected chi connectivity index (χ3v) is 3.22. The van der Waals surface area contributed by atoms with Gasteiger partial charge in [-0.2, -0.15) is 0 Å². The Bertz CT molecular complexity index is 496. The second-order valence-electron chi connectivity index (χ2n) is 3.29. The lowest BCUT2D eigenvalue weighted by Gasteiger charge is -2.09. The molecule has 0 saturated heterocycles. The summed E-state index contributed by atoms with van der Waals surface area (Å²) < 4.78 is 3.14. The van der Waals surface area contributed by atoms with Crippen molar-refractivity contribution >= 4 is 45.8 Å². The summed E-state index contributed by atoms with van der Waals surface area (Å²) in [6.45, 7) is 2.95. The highest BCUT2D eigenvalue weighted by atomic mass is 127. The molecule has 0 atom stereocenters. The maximum Gasteiger partial charge on any atom is 0.207 e. The minimum Gasteiger partial charge on any atom is -0.324 e. The first-order valence-electron chi connectivity index (χ1n) is 4.94. The van der Waals surface area contributed by atoms with E-state index in [0.29, 0.717) is 5.02 Å². The van der Waals surface area contributed by atoms with Gasteiger partial charge in [-0.25, -0.2) is 4.98 Å². The van der Waals surface area contributed by atoms with E-state index in [4.69, 9.17) is 11.6 Å². The van der Waals surface area contributed by atoms with Crippen molar-refractivity contribution in [3.8, 4) is 0 Å². The van der Waals surface area contributed by atoms with Gasteiger partial charge in [-0.15, -0.1) is 0 Å². The van der Waals surface area contributed by atoms with Gasteiger partial charge in [0.15, 0.2) is 0 Å². The number of aromatic nitrogens is 2. The number of hydrogen-bond acceptors (Lipinski definition) is 2. The molecule has 1 N–H and O–H groups in total. The first-order chi connectivity index (χ1) is 7.70. The van der Waals surface area contributed by atoms with Crippen molar-refractivity contribution in [2.24, 2.45) is 0 Å². The summed E-state index contributed by atoms with van der Waals surface area (Å²) >= 11 is 8.37. The van der Waals surface area contributed by atoms with Crippen LogP contribution in [0.15, 0.2) is 30.6 Å². The third-order valence-electron chi connectivity index (χ3n) is 2.23. The monoisotopic (exact) mass is 347 g/mol. The Morgan fingerprint density at radius 1 is 1.50 bits per heavy atom. The summed E-state index contributed by atoms with van der Waals surface area (Å²) in [6.07, 6.45) is 3.70. The van der Waals surface area contributed by atoms with Gasteiger partial charge >= 0.3 is 0 Å². The normalized spacial score (nSPS) is 10.4. The van der Waals surface area contributed by atoms with E-state index in [0.717, 1.165) is 21.8 Å². The molecule has 5 heteroatoms. The van der Waals surface area contributed by atoms with Crippen molar-refractivity contribution in [2.45, 2.75) is 13.5 Å². The molecule has 0 aliphatic carbocycles. The molecule has 0 aliphatic heterocycles. The molecular formula is C11H11ClIN3. The topological polar surface area (TPSA) is 29.9 Å². The number of benzene rings is 1. The number of rotatable bonds is 3. The van der Waals surface area contributed by atoms with E-state index in [1.165, 1.54) is 0 Å². The molecule has 0 aliphatic rings. The van der Waals surface area contributed by atoms with Crippen molar-refractivity contribution in [2.75, 3.05) is 5.32 Å². The molecular weight excluding hydrogens is 336 g/mol. The van der Waals surface area contributed by atoms with Gasteiger partial charge in [-0.3, -0.25) is 0 Å². The van der Waals surface area contributed by atoms with Crippen LogP contribution in [0.25, 0.3) is 0 Å². The predicted octanol–water partition coefficient (Wildman–Crippen LogP) is 3.90. The maximum absolute atomic E-state index is 6.14. The van der Waals surface area contributed by atoms with Gasteiger partial charge in [0.05, 0.1) is 10.7 Å². The van der Waals surface area contributed by atoms with E-state index in [1.54, 1.807) is 6.20 Å². The second-order valence-corrected chi connectivity index (χ2v) is 4.94. The number of hydrogen-bond donors (Lipinski definition) is 1. The Morgan fingerprint density at radius 3 is 3.00 bits per heavy atom. The van der Waals surface area contributed by atoms with Crippen LogP contribution in [0.3, 0.4) is 0 Å². The minimum atomic E-state index is 0.706. The van der Waals surface area contributed by atoms with Crippen LogP contribution < -0.4 is 5.32 Å². The molecule has 0 bridgehead atoms. The lowest BCUT2D eigenvalue weighted by Crippen LogP contribution is -2.01. The van der Waals surface area contributed by atoms with Crippen LogP contribution in [0.2, 0.25) is 5.02 Å². The molecule has 3 nitrogen and oxygen atoms in total. The van der Waals surface area contributed by atoms with Crippen LogP contribution >= 0.6 is 34.2 Å². The summed E-state index contributed by atoms with van der Waals surface area (Å²) in [7, 11) is 0. The van der Waals surface area contributed by atoms with E-state index in [2.05, 4.69) is 39.8 Å². The maximum atomic E-state index is 6.14. The SMILES string of the molecule is CCn1ccnc1Nc1ccc(I)cc1Cl. The number of halogens is 2. The van der Waals surface area contributed by atoms with Crippen LogP contribution in [-0.4, -0.2) is 9.55 Å². The summed E-state index contributed by atoms with van der Waals surface area (Å²) in [5, 5.41) is 3.92. The Hall–Kier alpha value is -0.750. The van der Waals surface area contributed by atoms with E-state index in [-0.39, 0.29) is 0 Å². The highest BCUT2D eigenvalue weighted by Gasteiger charge is 2.05. The number of nitrogens with one attached hydrogen (secondary N) is 1. The number of imidazole rings is 1. The molecule has 0 spiro atoms. The molecule has 0 saturated carbocycles. The van der Waals surface area contributed by atoms with Crippen LogP contribution in [0.4, 0.5) is 11.6 Å². The molecule has 84 valence electrons. The van der Waals surface area contributed by atoms with E-state index in [1.807, 2.05) is 29.0 Å². The molecule has 16 heavy (non-hydrogen) atoms. The number of nitrogens with zero attached hydrogens (tertiary/aromatic N) is 2. The molecule has 0 amide bonds. The molecule has 0 unspecified atom stereocenters. The largest absolute Gasteiger partial charge is 0.324 e. The van der Waals surface area contributed by atoms with Crippen molar-refractivity contribution in [3.05, 3.63) is 39.2 Å². The van der Waals surface area contributed by atoms with E-state index < -0.39 is 0 Å². The molecule has 0 radical (unpaired) electrons. The Balaban J connectivity index is 2.27. The first kappa shape index (κ1) is 11.7. The Morgan fingerprint density at radius 2 is 2.31 bits per heavy atom. The van der Waals surface area contributed by atoms with Crippen molar-refractivity contribution in [1.82, 2.24) is 9.55 Å². The van der Waals surface area contributed by atoms with Crippen LogP contribution in [-0.2, 0) is 6.54 Å². The summed E-state index contributed by atoms with van der Waals surface area (Å²) in [5.41, 5.74) is 0.878. The fraction of sp³-hybridized carbons (Fsp3) is 0.182. The van der Waals surface area contributed by atoms with Crippen molar-refractivity contribution in [3.63, 3.8) is 0 Å². The molecule has 0 fully saturated rings. The standard InChI is InChI=1S/C11H11ClIN3/c1-2-16-6-5-14-11(16)15-10-4-3-8(13)7-9(10)12/h3-7H,2H2,1H3,(H,14,15). The van der Waals surface area contributed by atoms with Gasteiger partial charge in [0, 0.05) is 22.5 Å². The summed E-state index contributed by atoms with van der Waals surface area (Å²) in [4.78, 5) is 4.24. The quantitative estimate of drug-likeness (QED) is 0.853. The first-order valence-corrected chi connectivity index (χ1v) is 6.39. The fourth-order valence-corrected chi connectivity index (χ4v) is 2.30. The second kappa shape index (κ2) is 5.05. The number of aryl methyl sites for hydroxylation is 1. The zero-order chi connectivity index (χ0) is 11.5. The number of anilines is 2. The zero-order valence-electron chi connectivity index (χ0n) is 8.74. The molecule has 2 rings (SSSR count). The average molecular weight is 348 g/mol. The minimum absolute atomic E-state index is 0.706. The third kappa shape index (κ3) is 2.49. The predicted molar refractivity (Wildman–Crippen MR) is 75.4 cm³/mol. The fourth-order valence-electron chi connectivity index (χ4n) is 1.40. The highest BCUT2D eigenvalue weighted by Crippen LogP contribution is 2.26. The molecule has 2 aromatic rings. The Kier molecular flexibility index (Phi) is 3.70. The molecule has 1 aromatic heterocycles. The van der Waals surface area contributed by atoms with Crippen LogP contribution in [0.5, 0.6) is 0 Å². The van der Waals surface area contributed by atoms with Gasteiger partial charge in [0.1, 0.15) is 0 Å². The van der Waals surface area contributed by atoms with Crippen molar-refractivity contribution in [1.29, 1.82) is 0 Å². The average Bonchev–Trinajstić information content (AvgIpc) is 2.69. The zero-order valence-corrected chi connectivity index (χ0v) is 11.7. The van der Waals surface area contributed by atoms with Gasteiger partial charge in [-0.1, -0.05) is 11.6 Å². The van der Waals surface area contributed by atoms with Crippen LogP contribution in [0, 0.1) is 3.57 Å². The summed E-state index contributed by atoms with van der Waals surface area (Å²) in [5.74, 6) is 0.811. The lowest BCUT2D eigenvalue weighted by molar-refractivity contribution is 0.772. The van der Waals surface area contributed by atoms with Crippen molar-refractivity contribution < 1.29 is 0 Å². The van der Waals surface area contributed by atoms with Crippen LogP contribution in [0.1, 0.15) is 6.92 Å².